The van der Waals surface area contributed by atoms with Crippen molar-refractivity contribution in [1.82, 2.24) is 9.47 Å². The summed E-state index contributed by atoms with van der Waals surface area (Å²) < 4.78 is 6.89. The topological polar surface area (TPSA) is 77.6 Å². The van der Waals surface area contributed by atoms with E-state index < -0.39 is 5.60 Å². The Morgan fingerprint density at radius 3 is 2.62 bits per heavy atom. The monoisotopic (exact) mass is 291 g/mol. The molecule has 0 atom stereocenters. The van der Waals surface area contributed by atoms with Gasteiger partial charge >= 0.3 is 6.09 Å². The lowest BCUT2D eigenvalue weighted by Gasteiger charge is -2.29. The van der Waals surface area contributed by atoms with Gasteiger partial charge in [-0.3, -0.25) is 9.36 Å². The largest absolute Gasteiger partial charge is 0.444 e. The lowest BCUT2D eigenvalue weighted by molar-refractivity contribution is 0.0269. The minimum Gasteiger partial charge on any atom is -0.444 e. The highest BCUT2D eigenvalue weighted by molar-refractivity contribution is 5.69. The fourth-order valence-corrected chi connectivity index (χ4v) is 2.10. The van der Waals surface area contributed by atoms with E-state index >= 15 is 0 Å². The molecule has 0 aromatic carbocycles. The van der Waals surface area contributed by atoms with Crippen LogP contribution in [0.2, 0.25) is 0 Å². The molecule has 114 valence electrons. The number of aromatic nitrogens is 1. The number of anilines is 1. The van der Waals surface area contributed by atoms with E-state index in [2.05, 4.69) is 0 Å². The molecule has 0 saturated heterocycles. The Morgan fingerprint density at radius 1 is 1.38 bits per heavy atom. The van der Waals surface area contributed by atoms with E-state index in [1.807, 2.05) is 26.8 Å². The van der Waals surface area contributed by atoms with Crippen molar-refractivity contribution in [2.75, 3.05) is 18.8 Å². The molecule has 0 aliphatic carbocycles. The average molecular weight is 291 g/mol. The standard InChI is InChI=1S/C15H21N3O3/c1-15(2,3)21-14(20)17-7-5-12(6-8-17)18-9-4-11(16)10-13(18)19/h4-5,9-10H,6-8,16H2,1-3H3. The van der Waals surface area contributed by atoms with Gasteiger partial charge in [0, 0.05) is 43.2 Å². The third-order valence-corrected chi connectivity index (χ3v) is 3.09. The van der Waals surface area contributed by atoms with Gasteiger partial charge in [0.1, 0.15) is 5.60 Å². The summed E-state index contributed by atoms with van der Waals surface area (Å²) in [7, 11) is 0. The fourth-order valence-electron chi connectivity index (χ4n) is 2.10. The first-order valence-electron chi connectivity index (χ1n) is 6.92. The number of nitrogens with zero attached hydrogens (tertiary/aromatic N) is 2. The Morgan fingerprint density at radius 2 is 2.10 bits per heavy atom. The summed E-state index contributed by atoms with van der Waals surface area (Å²) in [6, 6.07) is 3.07. The van der Waals surface area contributed by atoms with Crippen LogP contribution in [-0.2, 0) is 4.74 Å². The van der Waals surface area contributed by atoms with Crippen molar-refractivity contribution in [3.63, 3.8) is 0 Å². The van der Waals surface area contributed by atoms with Crippen LogP contribution in [0.25, 0.3) is 5.70 Å². The van der Waals surface area contributed by atoms with E-state index in [0.717, 1.165) is 5.70 Å². The third kappa shape index (κ3) is 3.87. The van der Waals surface area contributed by atoms with Crippen molar-refractivity contribution in [2.45, 2.75) is 32.8 Å². The summed E-state index contributed by atoms with van der Waals surface area (Å²) in [4.78, 5) is 25.5. The Hall–Kier alpha value is -2.24. The zero-order valence-corrected chi connectivity index (χ0v) is 12.6. The van der Waals surface area contributed by atoms with E-state index in [4.69, 9.17) is 10.5 Å². The zero-order valence-electron chi connectivity index (χ0n) is 12.6. The molecule has 1 aliphatic heterocycles. The molecule has 1 aliphatic rings. The van der Waals surface area contributed by atoms with Crippen molar-refractivity contribution < 1.29 is 9.53 Å². The maximum atomic E-state index is 12.0. The van der Waals surface area contributed by atoms with Gasteiger partial charge in [0.2, 0.25) is 0 Å². The molecule has 0 bridgehead atoms. The van der Waals surface area contributed by atoms with Crippen molar-refractivity contribution in [2.24, 2.45) is 0 Å². The van der Waals surface area contributed by atoms with E-state index in [1.165, 1.54) is 6.07 Å². The zero-order chi connectivity index (χ0) is 15.6. The number of carbonyl (C=O) groups excluding carboxylic acids is 1. The van der Waals surface area contributed by atoms with Gasteiger partial charge in [-0.15, -0.1) is 0 Å². The molecule has 0 fully saturated rings. The first kappa shape index (κ1) is 15.2. The second-order valence-electron chi connectivity index (χ2n) is 6.04. The highest BCUT2D eigenvalue weighted by Gasteiger charge is 2.24. The van der Waals surface area contributed by atoms with Crippen LogP contribution in [0.3, 0.4) is 0 Å². The summed E-state index contributed by atoms with van der Waals surface area (Å²) in [5.41, 5.74) is 6.23. The highest BCUT2D eigenvalue weighted by atomic mass is 16.6. The van der Waals surface area contributed by atoms with E-state index in [-0.39, 0.29) is 11.7 Å². The lowest BCUT2D eigenvalue weighted by atomic mass is 10.2. The second-order valence-corrected chi connectivity index (χ2v) is 6.04. The number of pyridine rings is 1. The molecule has 2 rings (SSSR count). The number of nitrogen functional groups attached to an aromatic ring is 1. The van der Waals surface area contributed by atoms with E-state index in [0.29, 0.717) is 25.2 Å². The number of hydrogen-bond acceptors (Lipinski definition) is 4. The lowest BCUT2D eigenvalue weighted by Crippen LogP contribution is -2.39. The van der Waals surface area contributed by atoms with Gasteiger partial charge in [0.15, 0.2) is 0 Å². The molecule has 0 saturated carbocycles. The SMILES string of the molecule is CC(C)(C)OC(=O)N1CC=C(n2ccc(N)cc2=O)CC1. The van der Waals surface area contributed by atoms with Crippen LogP contribution < -0.4 is 11.3 Å². The number of carbonyl (C=O) groups is 1. The number of rotatable bonds is 1. The number of amides is 1. The molecule has 0 radical (unpaired) electrons. The first-order valence-corrected chi connectivity index (χ1v) is 6.92. The molecule has 21 heavy (non-hydrogen) atoms. The molecule has 2 heterocycles. The van der Waals surface area contributed by atoms with Gasteiger partial charge in [0.25, 0.3) is 5.56 Å². The minimum absolute atomic E-state index is 0.160. The van der Waals surface area contributed by atoms with Gasteiger partial charge in [-0.2, -0.15) is 0 Å². The molecular formula is C15H21N3O3. The van der Waals surface area contributed by atoms with Gasteiger partial charge < -0.3 is 15.4 Å². The summed E-state index contributed by atoms with van der Waals surface area (Å²) in [5, 5.41) is 0. The summed E-state index contributed by atoms with van der Waals surface area (Å²) in [6.07, 6.45) is 3.79. The summed E-state index contributed by atoms with van der Waals surface area (Å²) >= 11 is 0. The van der Waals surface area contributed by atoms with Crippen LogP contribution in [0.4, 0.5) is 10.5 Å². The Labute approximate surface area is 123 Å². The molecule has 2 N–H and O–H groups in total. The molecule has 1 aromatic rings. The maximum Gasteiger partial charge on any atom is 0.410 e. The molecular weight excluding hydrogens is 270 g/mol. The summed E-state index contributed by atoms with van der Waals surface area (Å²) in [5.74, 6) is 0. The predicted octanol–water partition coefficient (Wildman–Crippen LogP) is 1.91. The van der Waals surface area contributed by atoms with Gasteiger partial charge in [0.05, 0.1) is 0 Å². The molecule has 0 spiro atoms. The number of hydrogen-bond donors (Lipinski definition) is 1. The molecule has 6 heteroatoms. The van der Waals surface area contributed by atoms with Crippen LogP contribution in [0.1, 0.15) is 27.2 Å². The van der Waals surface area contributed by atoms with Crippen LogP contribution >= 0.6 is 0 Å². The van der Waals surface area contributed by atoms with Crippen LogP contribution in [0.15, 0.2) is 29.2 Å². The van der Waals surface area contributed by atoms with E-state index in [9.17, 15) is 9.59 Å². The van der Waals surface area contributed by atoms with Crippen molar-refractivity contribution in [3.05, 3.63) is 34.8 Å². The molecule has 0 unspecified atom stereocenters. The number of nitrogens with two attached hydrogens (primary N) is 1. The normalized spacial score (nSPS) is 15.6. The van der Waals surface area contributed by atoms with Crippen LogP contribution in [-0.4, -0.2) is 34.3 Å². The average Bonchev–Trinajstić information content (AvgIpc) is 2.37. The molecule has 6 nitrogen and oxygen atoms in total. The first-order chi connectivity index (χ1) is 9.76. The second kappa shape index (κ2) is 5.63. The smallest absolute Gasteiger partial charge is 0.410 e. The van der Waals surface area contributed by atoms with Crippen molar-refractivity contribution >= 4 is 17.5 Å². The van der Waals surface area contributed by atoms with Gasteiger partial charge in [-0.05, 0) is 32.9 Å². The quantitative estimate of drug-likeness (QED) is 0.857. The van der Waals surface area contributed by atoms with Crippen molar-refractivity contribution in [1.29, 1.82) is 0 Å². The summed E-state index contributed by atoms with van der Waals surface area (Å²) in [6.45, 7) is 6.47. The maximum absolute atomic E-state index is 12.0. The van der Waals surface area contributed by atoms with Gasteiger partial charge in [-0.1, -0.05) is 0 Å². The third-order valence-electron chi connectivity index (χ3n) is 3.09. The minimum atomic E-state index is -0.505. The Balaban J connectivity index is 2.08. The van der Waals surface area contributed by atoms with Gasteiger partial charge in [-0.25, -0.2) is 4.79 Å². The Bertz CT molecular complexity index is 626. The van der Waals surface area contributed by atoms with Crippen LogP contribution in [0, 0.1) is 0 Å². The van der Waals surface area contributed by atoms with E-state index in [1.54, 1.807) is 21.7 Å². The highest BCUT2D eigenvalue weighted by Crippen LogP contribution is 2.17. The molecule has 1 amide bonds. The Kier molecular flexibility index (Phi) is 4.06. The molecule has 1 aromatic heterocycles. The fraction of sp³-hybridized carbons (Fsp3) is 0.467. The predicted molar refractivity (Wildman–Crippen MR) is 81.8 cm³/mol. The van der Waals surface area contributed by atoms with Crippen molar-refractivity contribution in [3.8, 4) is 0 Å². The number of ether oxygens (including phenoxy) is 1. The van der Waals surface area contributed by atoms with Crippen LogP contribution in [0.5, 0.6) is 0 Å².